The molecule has 0 spiro atoms. The zero-order valence-corrected chi connectivity index (χ0v) is 13.0. The van der Waals surface area contributed by atoms with E-state index in [-0.39, 0.29) is 5.11 Å². The van der Waals surface area contributed by atoms with Gasteiger partial charge in [-0.15, -0.1) is 0 Å². The highest BCUT2D eigenvalue weighted by Gasteiger charge is 2.13. The number of amides is 2. The van der Waals surface area contributed by atoms with Crippen LogP contribution in [0.4, 0.5) is 5.69 Å². The summed E-state index contributed by atoms with van der Waals surface area (Å²) in [6.45, 7) is 4.72. The Morgan fingerprint density at radius 2 is 1.76 bits per heavy atom. The molecule has 0 saturated heterocycles. The van der Waals surface area contributed by atoms with Crippen LogP contribution in [0.2, 0.25) is 0 Å². The van der Waals surface area contributed by atoms with Crippen LogP contribution < -0.4 is 21.5 Å². The third-order valence-electron chi connectivity index (χ3n) is 2.62. The predicted octanol–water partition coefficient (Wildman–Crippen LogP) is 1.23. The molecule has 0 radical (unpaired) electrons. The van der Waals surface area contributed by atoms with Gasteiger partial charge in [-0.05, 0) is 37.7 Å². The van der Waals surface area contributed by atoms with Gasteiger partial charge in [0.25, 0.3) is 0 Å². The van der Waals surface area contributed by atoms with Crippen molar-refractivity contribution in [1.29, 1.82) is 0 Å². The van der Waals surface area contributed by atoms with Crippen molar-refractivity contribution in [3.8, 4) is 0 Å². The van der Waals surface area contributed by atoms with Crippen molar-refractivity contribution in [2.24, 2.45) is 0 Å². The van der Waals surface area contributed by atoms with Crippen LogP contribution in [0.25, 0.3) is 0 Å². The predicted molar refractivity (Wildman–Crippen MR) is 86.6 cm³/mol. The van der Waals surface area contributed by atoms with Crippen molar-refractivity contribution in [2.45, 2.75) is 26.7 Å². The largest absolute Gasteiger partial charge is 0.361 e. The first-order valence-corrected chi connectivity index (χ1v) is 7.15. The molecule has 21 heavy (non-hydrogen) atoms. The Labute approximate surface area is 129 Å². The Kier molecular flexibility index (Phi) is 7.17. The third-order valence-corrected chi connectivity index (χ3v) is 2.87. The van der Waals surface area contributed by atoms with Gasteiger partial charge < -0.3 is 10.6 Å². The van der Waals surface area contributed by atoms with Gasteiger partial charge in [-0.3, -0.25) is 20.4 Å². The zero-order valence-electron chi connectivity index (χ0n) is 12.2. The molecule has 7 heteroatoms. The van der Waals surface area contributed by atoms with Gasteiger partial charge in [-0.1, -0.05) is 31.0 Å². The summed E-state index contributed by atoms with van der Waals surface area (Å²) >= 11 is 4.95. The van der Waals surface area contributed by atoms with E-state index < -0.39 is 11.8 Å². The molecule has 2 amide bonds. The molecular formula is C14H20N4O2S. The van der Waals surface area contributed by atoms with Crippen LogP contribution in [0.15, 0.2) is 24.3 Å². The van der Waals surface area contributed by atoms with E-state index in [1.54, 1.807) is 12.1 Å². The maximum Gasteiger partial charge on any atom is 0.328 e. The fourth-order valence-corrected chi connectivity index (χ4v) is 1.57. The molecule has 1 rings (SSSR count). The topological polar surface area (TPSA) is 82.3 Å². The first-order valence-electron chi connectivity index (χ1n) is 6.74. The third kappa shape index (κ3) is 6.71. The van der Waals surface area contributed by atoms with Crippen molar-refractivity contribution in [2.75, 3.05) is 11.9 Å². The van der Waals surface area contributed by atoms with Gasteiger partial charge >= 0.3 is 11.8 Å². The van der Waals surface area contributed by atoms with Crippen molar-refractivity contribution in [3.63, 3.8) is 0 Å². The highest BCUT2D eigenvalue weighted by atomic mass is 32.1. The summed E-state index contributed by atoms with van der Waals surface area (Å²) in [5.74, 6) is -1.57. The zero-order chi connectivity index (χ0) is 15.7. The van der Waals surface area contributed by atoms with Crippen LogP contribution >= 0.6 is 12.2 Å². The summed E-state index contributed by atoms with van der Waals surface area (Å²) in [7, 11) is 0. The van der Waals surface area contributed by atoms with Crippen molar-refractivity contribution < 1.29 is 9.59 Å². The SMILES string of the molecule is CCCCNC(=S)NNC(=O)C(=O)Nc1ccc(C)cc1. The second-order valence-electron chi connectivity index (χ2n) is 4.51. The average molecular weight is 308 g/mol. The summed E-state index contributed by atoms with van der Waals surface area (Å²) in [6, 6.07) is 7.15. The van der Waals surface area contributed by atoms with Crippen LogP contribution in [0.1, 0.15) is 25.3 Å². The van der Waals surface area contributed by atoms with Gasteiger partial charge in [0.05, 0.1) is 0 Å². The standard InChI is InChI=1S/C14H20N4O2S/c1-3-4-9-15-14(21)18-17-13(20)12(19)16-11-7-5-10(2)6-8-11/h5-8H,3-4,9H2,1-2H3,(H,16,19)(H,17,20)(H2,15,18,21). The van der Waals surface area contributed by atoms with E-state index in [1.165, 1.54) is 0 Å². The van der Waals surface area contributed by atoms with Crippen LogP contribution in [0.5, 0.6) is 0 Å². The van der Waals surface area contributed by atoms with E-state index in [9.17, 15) is 9.59 Å². The summed E-state index contributed by atoms with van der Waals surface area (Å²) in [5.41, 5.74) is 6.34. The van der Waals surface area contributed by atoms with Crippen LogP contribution in [0.3, 0.4) is 0 Å². The van der Waals surface area contributed by atoms with Gasteiger partial charge in [-0.2, -0.15) is 0 Å². The van der Waals surface area contributed by atoms with Crippen molar-refractivity contribution in [1.82, 2.24) is 16.2 Å². The van der Waals surface area contributed by atoms with E-state index in [2.05, 4.69) is 28.4 Å². The van der Waals surface area contributed by atoms with Gasteiger partial charge in [0.1, 0.15) is 0 Å². The Morgan fingerprint density at radius 1 is 1.10 bits per heavy atom. The number of carbonyl (C=O) groups is 2. The minimum absolute atomic E-state index is 0.278. The molecule has 114 valence electrons. The lowest BCUT2D eigenvalue weighted by molar-refractivity contribution is -0.136. The quantitative estimate of drug-likeness (QED) is 0.291. The molecule has 0 bridgehead atoms. The Hall–Kier alpha value is -2.15. The second-order valence-corrected chi connectivity index (χ2v) is 4.92. The molecule has 0 aromatic heterocycles. The van der Waals surface area contributed by atoms with Crippen molar-refractivity contribution in [3.05, 3.63) is 29.8 Å². The van der Waals surface area contributed by atoms with Crippen LogP contribution in [0, 0.1) is 6.92 Å². The summed E-state index contributed by atoms with van der Waals surface area (Å²) < 4.78 is 0. The van der Waals surface area contributed by atoms with E-state index in [0.717, 1.165) is 18.4 Å². The molecule has 0 aliphatic heterocycles. The van der Waals surface area contributed by atoms with E-state index in [1.807, 2.05) is 19.1 Å². The minimum atomic E-state index is -0.810. The molecule has 1 aromatic carbocycles. The van der Waals surface area contributed by atoms with Crippen molar-refractivity contribution >= 4 is 34.8 Å². The fourth-order valence-electron chi connectivity index (χ4n) is 1.42. The number of nitrogens with one attached hydrogen (secondary N) is 4. The molecule has 6 nitrogen and oxygen atoms in total. The molecule has 0 aliphatic rings. The number of hydrazine groups is 1. The summed E-state index contributed by atoms with van der Waals surface area (Å²) in [5, 5.41) is 5.68. The Balaban J connectivity index is 2.32. The first-order chi connectivity index (χ1) is 10.0. The lowest BCUT2D eigenvalue weighted by atomic mass is 10.2. The van der Waals surface area contributed by atoms with Crippen LogP contribution in [-0.4, -0.2) is 23.5 Å². The van der Waals surface area contributed by atoms with E-state index >= 15 is 0 Å². The molecule has 0 saturated carbocycles. The summed E-state index contributed by atoms with van der Waals surface area (Å²) in [4.78, 5) is 23.2. The van der Waals surface area contributed by atoms with Gasteiger partial charge in [-0.25, -0.2) is 0 Å². The highest BCUT2D eigenvalue weighted by molar-refractivity contribution is 7.80. The smallest absolute Gasteiger partial charge is 0.328 e. The van der Waals surface area contributed by atoms with E-state index in [4.69, 9.17) is 12.2 Å². The number of anilines is 1. The summed E-state index contributed by atoms with van der Waals surface area (Å²) in [6.07, 6.45) is 2.02. The first kappa shape index (κ1) is 16.9. The molecule has 1 aromatic rings. The number of unbranched alkanes of at least 4 members (excludes halogenated alkanes) is 1. The monoisotopic (exact) mass is 308 g/mol. The molecule has 0 unspecified atom stereocenters. The number of thiocarbonyl (C=S) groups is 1. The normalized spacial score (nSPS) is 9.62. The van der Waals surface area contributed by atoms with Crippen LogP contribution in [-0.2, 0) is 9.59 Å². The fraction of sp³-hybridized carbons (Fsp3) is 0.357. The number of benzene rings is 1. The Bertz CT molecular complexity index is 502. The number of carbonyl (C=O) groups excluding carboxylic acids is 2. The highest BCUT2D eigenvalue weighted by Crippen LogP contribution is 2.07. The molecule has 0 atom stereocenters. The Morgan fingerprint density at radius 3 is 2.38 bits per heavy atom. The average Bonchev–Trinajstić information content (AvgIpc) is 2.47. The molecule has 4 N–H and O–H groups in total. The maximum atomic E-state index is 11.6. The van der Waals surface area contributed by atoms with Gasteiger partial charge in [0.15, 0.2) is 5.11 Å². The maximum absolute atomic E-state index is 11.6. The number of rotatable bonds is 4. The molecule has 0 heterocycles. The lowest BCUT2D eigenvalue weighted by Gasteiger charge is -2.11. The molecule has 0 aliphatic carbocycles. The second kappa shape index (κ2) is 8.91. The molecular weight excluding hydrogens is 288 g/mol. The van der Waals surface area contributed by atoms with Gasteiger partial charge in [0.2, 0.25) is 0 Å². The van der Waals surface area contributed by atoms with E-state index in [0.29, 0.717) is 12.2 Å². The number of hydrogen-bond donors (Lipinski definition) is 4. The number of aryl methyl sites for hydroxylation is 1. The minimum Gasteiger partial charge on any atom is -0.361 e. The van der Waals surface area contributed by atoms with Gasteiger partial charge in [0, 0.05) is 12.2 Å². The molecule has 0 fully saturated rings. The number of hydrogen-bond acceptors (Lipinski definition) is 3. The lowest BCUT2D eigenvalue weighted by Crippen LogP contribution is -2.50.